The highest BCUT2D eigenvalue weighted by atomic mass is 32.2. The maximum absolute atomic E-state index is 13.6. The Labute approximate surface area is 210 Å². The summed E-state index contributed by atoms with van der Waals surface area (Å²) in [7, 11) is 1.48. The maximum atomic E-state index is 13.6. The van der Waals surface area contributed by atoms with E-state index in [2.05, 4.69) is 26.0 Å². The first-order valence-electron chi connectivity index (χ1n) is 10.9. The summed E-state index contributed by atoms with van der Waals surface area (Å²) in [5, 5.41) is 10.2. The van der Waals surface area contributed by atoms with Crippen LogP contribution in [0.25, 0.3) is 0 Å². The second-order valence-electron chi connectivity index (χ2n) is 8.35. The van der Waals surface area contributed by atoms with Crippen molar-refractivity contribution in [2.24, 2.45) is 0 Å². The van der Waals surface area contributed by atoms with Gasteiger partial charge in [0.2, 0.25) is 11.9 Å². The van der Waals surface area contributed by atoms with Gasteiger partial charge >= 0.3 is 6.01 Å². The molecule has 35 heavy (non-hydrogen) atoms. The normalized spacial score (nSPS) is 16.5. The molecule has 2 aliphatic heterocycles. The second kappa shape index (κ2) is 9.01. The zero-order valence-electron chi connectivity index (χ0n) is 19.2. The molecule has 0 radical (unpaired) electrons. The summed E-state index contributed by atoms with van der Waals surface area (Å²) < 4.78 is 18.7. The molecule has 10 nitrogen and oxygen atoms in total. The Balaban J connectivity index is 1.46. The number of methoxy groups -OCH3 is 1. The van der Waals surface area contributed by atoms with Gasteiger partial charge in [0.1, 0.15) is 23.6 Å². The molecule has 1 atom stereocenters. The monoisotopic (exact) mass is 513 g/mol. The van der Waals surface area contributed by atoms with E-state index in [0.29, 0.717) is 41.4 Å². The van der Waals surface area contributed by atoms with Gasteiger partial charge in [0.05, 0.1) is 23.5 Å². The van der Waals surface area contributed by atoms with Crippen LogP contribution < -0.4 is 26.0 Å². The Morgan fingerprint density at radius 2 is 2.14 bits per heavy atom. The van der Waals surface area contributed by atoms with Crippen LogP contribution in [0.2, 0.25) is 0 Å². The standard InChI is InChI=1S/C22H24FN9OS2/c1-12(13-4-3-6-27-17(13)25)32(7-5-23)20-28-19(29-21(30-20)33-2)31-10-22(11-31)16-14(8-24)18(26)35-15(16)9-34-22/h3-4,6,12H,5,7,9-11,26H2,1-2H3,(H2,25,27). The van der Waals surface area contributed by atoms with E-state index >= 15 is 0 Å². The van der Waals surface area contributed by atoms with Crippen LogP contribution in [0.5, 0.6) is 6.01 Å². The average Bonchev–Trinajstić information content (AvgIpc) is 3.36. The van der Waals surface area contributed by atoms with Gasteiger partial charge in [-0.15, -0.1) is 23.1 Å². The van der Waals surface area contributed by atoms with Crippen LogP contribution in [0.1, 0.15) is 34.5 Å². The molecule has 1 unspecified atom stereocenters. The number of nitrogen functional groups attached to an aromatic ring is 2. The fraction of sp³-hybridized carbons (Fsp3) is 0.409. The first kappa shape index (κ1) is 23.4. The highest BCUT2D eigenvalue weighted by Gasteiger charge is 2.53. The zero-order chi connectivity index (χ0) is 24.7. The molecule has 5 heterocycles. The number of pyridine rings is 1. The van der Waals surface area contributed by atoms with E-state index in [1.54, 1.807) is 17.2 Å². The zero-order valence-corrected chi connectivity index (χ0v) is 20.9. The van der Waals surface area contributed by atoms with E-state index in [-0.39, 0.29) is 23.3 Å². The summed E-state index contributed by atoms with van der Waals surface area (Å²) >= 11 is 3.31. The molecule has 3 aromatic rings. The van der Waals surface area contributed by atoms with E-state index in [9.17, 15) is 9.65 Å². The number of aromatic nitrogens is 4. The van der Waals surface area contributed by atoms with Crippen molar-refractivity contribution in [2.45, 2.75) is 23.5 Å². The molecule has 1 saturated heterocycles. The van der Waals surface area contributed by atoms with Gasteiger partial charge in [-0.25, -0.2) is 9.37 Å². The molecule has 1 spiro atoms. The fourth-order valence-corrected chi connectivity index (χ4v) is 7.44. The number of nitrogens with two attached hydrogens (primary N) is 2. The first-order chi connectivity index (χ1) is 16.9. The fourth-order valence-electron chi connectivity index (χ4n) is 4.63. The minimum Gasteiger partial charge on any atom is -0.467 e. The van der Waals surface area contributed by atoms with Gasteiger partial charge in [0.15, 0.2) is 0 Å². The van der Waals surface area contributed by atoms with Crippen molar-refractivity contribution in [3.63, 3.8) is 0 Å². The lowest BCUT2D eigenvalue weighted by molar-refractivity contribution is 0.373. The number of anilines is 4. The third-order valence-electron chi connectivity index (χ3n) is 6.38. The number of fused-ring (bicyclic) bond motifs is 2. The smallest absolute Gasteiger partial charge is 0.322 e. The number of hydrogen-bond acceptors (Lipinski definition) is 12. The Bertz CT molecular complexity index is 1300. The number of nitrogens with zero attached hydrogens (tertiary/aromatic N) is 7. The van der Waals surface area contributed by atoms with Gasteiger partial charge in [-0.2, -0.15) is 20.2 Å². The Hall–Kier alpha value is -3.37. The molecule has 1 fully saturated rings. The summed E-state index contributed by atoms with van der Waals surface area (Å²) in [6.45, 7) is 2.60. The van der Waals surface area contributed by atoms with Crippen molar-refractivity contribution in [1.29, 1.82) is 5.26 Å². The summed E-state index contributed by atoms with van der Waals surface area (Å²) in [6, 6.07) is 5.72. The predicted molar refractivity (Wildman–Crippen MR) is 135 cm³/mol. The average molecular weight is 514 g/mol. The quantitative estimate of drug-likeness (QED) is 0.481. The van der Waals surface area contributed by atoms with Gasteiger partial charge in [0.25, 0.3) is 0 Å². The largest absolute Gasteiger partial charge is 0.467 e. The lowest BCUT2D eigenvalue weighted by Crippen LogP contribution is -2.57. The lowest BCUT2D eigenvalue weighted by atomic mass is 9.88. The van der Waals surface area contributed by atoms with Gasteiger partial charge in [0, 0.05) is 47.6 Å². The Kier molecular flexibility index (Phi) is 6.02. The highest BCUT2D eigenvalue weighted by molar-refractivity contribution is 8.00. The number of alkyl halides is 1. The first-order valence-corrected chi connectivity index (χ1v) is 12.7. The molecule has 0 amide bonds. The van der Waals surface area contributed by atoms with E-state index in [1.807, 2.05) is 29.7 Å². The summed E-state index contributed by atoms with van der Waals surface area (Å²) in [5.41, 5.74) is 14.5. The summed E-state index contributed by atoms with van der Waals surface area (Å²) in [4.78, 5) is 22.6. The van der Waals surface area contributed by atoms with Gasteiger partial charge in [-0.3, -0.25) is 0 Å². The maximum Gasteiger partial charge on any atom is 0.322 e. The summed E-state index contributed by atoms with van der Waals surface area (Å²) in [6.07, 6.45) is 1.61. The molecule has 2 aliphatic rings. The van der Waals surface area contributed by atoms with Crippen molar-refractivity contribution < 1.29 is 9.13 Å². The van der Waals surface area contributed by atoms with Crippen molar-refractivity contribution in [1.82, 2.24) is 19.9 Å². The molecule has 0 aromatic carbocycles. The van der Waals surface area contributed by atoms with Gasteiger partial charge < -0.3 is 26.0 Å². The molecule has 0 saturated carbocycles. The molecular weight excluding hydrogens is 489 g/mol. The van der Waals surface area contributed by atoms with Gasteiger partial charge in [-0.1, -0.05) is 6.07 Å². The van der Waals surface area contributed by atoms with Gasteiger partial charge in [-0.05, 0) is 13.0 Å². The number of ether oxygens (including phenoxy) is 1. The third-order valence-corrected chi connectivity index (χ3v) is 9.03. The number of thioether (sulfide) groups is 1. The predicted octanol–water partition coefficient (Wildman–Crippen LogP) is 2.87. The van der Waals surface area contributed by atoms with Crippen LogP contribution in [-0.4, -0.2) is 53.4 Å². The number of thiophene rings is 1. The minimum absolute atomic E-state index is 0.0605. The number of nitriles is 1. The number of halogens is 1. The van der Waals surface area contributed by atoms with E-state index in [4.69, 9.17) is 16.2 Å². The van der Waals surface area contributed by atoms with Crippen molar-refractivity contribution in [3.8, 4) is 12.1 Å². The molecular formula is C22H24FN9OS2. The van der Waals surface area contributed by atoms with Crippen LogP contribution in [-0.2, 0) is 10.5 Å². The van der Waals surface area contributed by atoms with Crippen LogP contribution in [0.4, 0.5) is 27.1 Å². The molecule has 3 aromatic heterocycles. The minimum atomic E-state index is -0.601. The van der Waals surface area contributed by atoms with Crippen LogP contribution >= 0.6 is 23.1 Å². The highest BCUT2D eigenvalue weighted by Crippen LogP contribution is 2.57. The lowest BCUT2D eigenvalue weighted by Gasteiger charge is -2.47. The Morgan fingerprint density at radius 1 is 1.34 bits per heavy atom. The third kappa shape index (κ3) is 3.86. The molecule has 182 valence electrons. The number of rotatable bonds is 7. The van der Waals surface area contributed by atoms with Crippen molar-refractivity contribution >= 4 is 45.8 Å². The number of hydrogen-bond donors (Lipinski definition) is 2. The molecule has 0 bridgehead atoms. The summed E-state index contributed by atoms with van der Waals surface area (Å²) in [5.74, 6) is 1.92. The topological polar surface area (TPSA) is 143 Å². The SMILES string of the molecule is COc1nc(N2CC3(C2)SCc2sc(N)c(C#N)c23)nc(N(CCF)C(C)c2cccnc2N)n1. The molecule has 4 N–H and O–H groups in total. The van der Waals surface area contributed by atoms with Crippen molar-refractivity contribution in [2.75, 3.05) is 54.7 Å². The van der Waals surface area contributed by atoms with Crippen LogP contribution in [0, 0.1) is 11.3 Å². The second-order valence-corrected chi connectivity index (χ2v) is 10.8. The van der Waals surface area contributed by atoms with E-state index < -0.39 is 6.67 Å². The van der Waals surface area contributed by atoms with Crippen molar-refractivity contribution in [3.05, 3.63) is 39.9 Å². The van der Waals surface area contributed by atoms with E-state index in [0.717, 1.165) is 21.8 Å². The molecule has 0 aliphatic carbocycles. The molecule has 5 rings (SSSR count). The van der Waals surface area contributed by atoms with E-state index in [1.165, 1.54) is 18.4 Å². The molecule has 13 heteroatoms. The van der Waals surface area contributed by atoms with Crippen LogP contribution in [0.3, 0.4) is 0 Å². The Morgan fingerprint density at radius 3 is 2.83 bits per heavy atom. The van der Waals surface area contributed by atoms with Crippen LogP contribution in [0.15, 0.2) is 18.3 Å².